The van der Waals surface area contributed by atoms with E-state index in [-0.39, 0.29) is 12.5 Å². The van der Waals surface area contributed by atoms with Crippen molar-refractivity contribution < 1.29 is 19.4 Å². The number of amides is 1. The average molecular weight is 320 g/mol. The average Bonchev–Trinajstić information content (AvgIpc) is 2.85. The first-order valence-corrected chi connectivity index (χ1v) is 7.70. The third kappa shape index (κ3) is 4.22. The van der Waals surface area contributed by atoms with Gasteiger partial charge >= 0.3 is 5.97 Å². The molecule has 1 amide bonds. The number of ether oxygens (including phenoxy) is 1. The van der Waals surface area contributed by atoms with Crippen LogP contribution in [0.2, 0.25) is 0 Å². The molecule has 0 unspecified atom stereocenters. The highest BCUT2D eigenvalue weighted by atomic mass is 16.5. The van der Waals surface area contributed by atoms with Crippen molar-refractivity contribution in [3.05, 3.63) is 28.8 Å². The Morgan fingerprint density at radius 1 is 1.22 bits per heavy atom. The minimum atomic E-state index is -1.01. The fraction of sp³-hybridized carbons (Fsp3) is 0.529. The molecule has 6 nitrogen and oxygen atoms in total. The van der Waals surface area contributed by atoms with Crippen molar-refractivity contribution >= 4 is 11.9 Å². The lowest BCUT2D eigenvalue weighted by Crippen LogP contribution is -2.46. The first-order valence-electron chi connectivity index (χ1n) is 7.70. The number of carboxylic acid groups (broad SMARTS) is 1. The molecule has 0 saturated heterocycles. The molecule has 1 aromatic carbocycles. The van der Waals surface area contributed by atoms with E-state index in [0.717, 1.165) is 22.4 Å². The van der Waals surface area contributed by atoms with E-state index in [9.17, 15) is 9.59 Å². The van der Waals surface area contributed by atoms with Gasteiger partial charge in [0.15, 0.2) is 6.10 Å². The van der Waals surface area contributed by atoms with Crippen molar-refractivity contribution in [2.75, 3.05) is 33.7 Å². The number of hydrogen-bond donors (Lipinski definition) is 1. The van der Waals surface area contributed by atoms with Gasteiger partial charge in [-0.1, -0.05) is 6.07 Å². The summed E-state index contributed by atoms with van der Waals surface area (Å²) in [5.41, 5.74) is 3.29. The van der Waals surface area contributed by atoms with Gasteiger partial charge in [0.25, 0.3) is 5.91 Å². The quantitative estimate of drug-likeness (QED) is 0.849. The molecule has 1 heterocycles. The highest BCUT2D eigenvalue weighted by molar-refractivity contribution is 5.86. The lowest BCUT2D eigenvalue weighted by atomic mass is 10.0. The van der Waals surface area contributed by atoms with Crippen molar-refractivity contribution in [1.82, 2.24) is 9.80 Å². The highest BCUT2D eigenvalue weighted by Gasteiger charge is 2.33. The summed E-state index contributed by atoms with van der Waals surface area (Å²) >= 11 is 0. The number of likely N-dealkylation sites (N-methyl/N-ethyl adjacent to an activating group) is 1. The molecule has 0 spiro atoms. The van der Waals surface area contributed by atoms with Crippen LogP contribution in [0.1, 0.15) is 16.7 Å². The highest BCUT2D eigenvalue weighted by Crippen LogP contribution is 2.32. The molecule has 0 radical (unpaired) electrons. The molecule has 1 atom stereocenters. The Kier molecular flexibility index (Phi) is 5.26. The molecule has 0 aliphatic carbocycles. The minimum Gasteiger partial charge on any atom is -0.480 e. The predicted molar refractivity (Wildman–Crippen MR) is 86.8 cm³/mol. The normalized spacial score (nSPS) is 16.1. The summed E-state index contributed by atoms with van der Waals surface area (Å²) in [7, 11) is 3.77. The lowest BCUT2D eigenvalue weighted by molar-refractivity contribution is -0.147. The van der Waals surface area contributed by atoms with Gasteiger partial charge in [0.2, 0.25) is 0 Å². The van der Waals surface area contributed by atoms with Gasteiger partial charge in [-0.05, 0) is 50.7 Å². The molecule has 1 aliphatic heterocycles. The fourth-order valence-electron chi connectivity index (χ4n) is 2.61. The standard InChI is InChI=1S/C17H24N2O4/c1-11-7-13-9-15(23-14(13)8-12(11)2)17(22)19(10-16(20)21)6-5-18(3)4/h7-8,15H,5-6,9-10H2,1-4H3,(H,20,21)/t15-/m1/s1. The Bertz CT molecular complexity index is 582. The Labute approximate surface area is 136 Å². The van der Waals surface area contributed by atoms with Crippen molar-refractivity contribution in [3.63, 3.8) is 0 Å². The zero-order chi connectivity index (χ0) is 17.1. The summed E-state index contributed by atoms with van der Waals surface area (Å²) in [6, 6.07) is 3.98. The summed E-state index contributed by atoms with van der Waals surface area (Å²) < 4.78 is 5.78. The number of aliphatic carboxylic acids is 1. The van der Waals surface area contributed by atoms with Gasteiger partial charge in [-0.2, -0.15) is 0 Å². The SMILES string of the molecule is Cc1cc2c(cc1C)O[C@@H](C(=O)N(CCN(C)C)CC(=O)O)C2. The third-order valence-corrected chi connectivity index (χ3v) is 4.08. The first kappa shape index (κ1) is 17.3. The summed E-state index contributed by atoms with van der Waals surface area (Å²) in [5, 5.41) is 9.04. The summed E-state index contributed by atoms with van der Waals surface area (Å²) in [4.78, 5) is 27.0. The van der Waals surface area contributed by atoms with Crippen LogP contribution in [0.3, 0.4) is 0 Å². The van der Waals surface area contributed by atoms with Crippen LogP contribution < -0.4 is 4.74 Å². The lowest BCUT2D eigenvalue weighted by Gasteiger charge is -2.25. The summed E-state index contributed by atoms with van der Waals surface area (Å²) in [6.07, 6.45) is -0.138. The number of hydrogen-bond acceptors (Lipinski definition) is 4. The number of aryl methyl sites for hydroxylation is 2. The number of fused-ring (bicyclic) bond motifs is 1. The molecular formula is C17H24N2O4. The van der Waals surface area contributed by atoms with Crippen LogP contribution in [0, 0.1) is 13.8 Å². The van der Waals surface area contributed by atoms with Gasteiger partial charge < -0.3 is 19.6 Å². The number of carbonyl (C=O) groups excluding carboxylic acids is 1. The largest absolute Gasteiger partial charge is 0.480 e. The van der Waals surface area contributed by atoms with Crippen molar-refractivity contribution in [2.24, 2.45) is 0 Å². The van der Waals surface area contributed by atoms with E-state index in [2.05, 4.69) is 0 Å². The van der Waals surface area contributed by atoms with E-state index >= 15 is 0 Å². The predicted octanol–water partition coefficient (Wildman–Crippen LogP) is 1.08. The Balaban J connectivity index is 2.10. The second kappa shape index (κ2) is 7.00. The van der Waals surface area contributed by atoms with Crippen LogP contribution in [-0.4, -0.2) is 66.6 Å². The maximum atomic E-state index is 12.7. The molecule has 23 heavy (non-hydrogen) atoms. The number of carboxylic acids is 1. The monoisotopic (exact) mass is 320 g/mol. The molecule has 0 aromatic heterocycles. The second-order valence-electron chi connectivity index (χ2n) is 6.31. The smallest absolute Gasteiger partial charge is 0.323 e. The number of rotatable bonds is 6. The van der Waals surface area contributed by atoms with Crippen molar-refractivity contribution in [3.8, 4) is 5.75 Å². The van der Waals surface area contributed by atoms with Crippen LogP contribution in [0.4, 0.5) is 0 Å². The van der Waals surface area contributed by atoms with Gasteiger partial charge in [0, 0.05) is 19.5 Å². The molecule has 0 bridgehead atoms. The molecule has 6 heteroatoms. The van der Waals surface area contributed by atoms with Gasteiger partial charge in [-0.25, -0.2) is 0 Å². The van der Waals surface area contributed by atoms with Crippen LogP contribution in [0.15, 0.2) is 12.1 Å². The zero-order valence-corrected chi connectivity index (χ0v) is 14.1. The van der Waals surface area contributed by atoms with E-state index in [1.54, 1.807) is 0 Å². The Morgan fingerprint density at radius 2 is 1.87 bits per heavy atom. The van der Waals surface area contributed by atoms with Gasteiger partial charge in [0.1, 0.15) is 12.3 Å². The first-order chi connectivity index (χ1) is 10.8. The maximum absolute atomic E-state index is 12.7. The van der Waals surface area contributed by atoms with Crippen LogP contribution >= 0.6 is 0 Å². The summed E-state index contributed by atoms with van der Waals surface area (Å²) in [5.74, 6) is -0.547. The van der Waals surface area contributed by atoms with Crippen molar-refractivity contribution in [2.45, 2.75) is 26.4 Å². The van der Waals surface area contributed by atoms with E-state index < -0.39 is 12.1 Å². The van der Waals surface area contributed by atoms with Gasteiger partial charge in [-0.15, -0.1) is 0 Å². The number of nitrogens with zero attached hydrogens (tertiary/aromatic N) is 2. The Morgan fingerprint density at radius 3 is 2.48 bits per heavy atom. The third-order valence-electron chi connectivity index (χ3n) is 4.08. The van der Waals surface area contributed by atoms with E-state index in [4.69, 9.17) is 9.84 Å². The second-order valence-corrected chi connectivity index (χ2v) is 6.31. The van der Waals surface area contributed by atoms with Gasteiger partial charge in [-0.3, -0.25) is 9.59 Å². The number of carbonyl (C=O) groups is 2. The zero-order valence-electron chi connectivity index (χ0n) is 14.1. The molecule has 1 N–H and O–H groups in total. The van der Waals surface area contributed by atoms with Crippen LogP contribution in [0.25, 0.3) is 0 Å². The van der Waals surface area contributed by atoms with Gasteiger partial charge in [0.05, 0.1) is 0 Å². The maximum Gasteiger partial charge on any atom is 0.323 e. The molecular weight excluding hydrogens is 296 g/mol. The molecule has 0 saturated carbocycles. The van der Waals surface area contributed by atoms with Crippen LogP contribution in [0.5, 0.6) is 5.75 Å². The minimum absolute atomic E-state index is 0.263. The molecule has 2 rings (SSSR count). The molecule has 0 fully saturated rings. The van der Waals surface area contributed by atoms with Crippen LogP contribution in [-0.2, 0) is 16.0 Å². The number of benzene rings is 1. The van der Waals surface area contributed by atoms with Crippen molar-refractivity contribution in [1.29, 1.82) is 0 Å². The fourth-order valence-corrected chi connectivity index (χ4v) is 2.61. The van der Waals surface area contributed by atoms with E-state index in [0.29, 0.717) is 19.5 Å². The topological polar surface area (TPSA) is 70.1 Å². The summed E-state index contributed by atoms with van der Waals surface area (Å²) in [6.45, 7) is 4.70. The van der Waals surface area contributed by atoms with E-state index in [1.165, 1.54) is 4.90 Å². The molecule has 1 aromatic rings. The van der Waals surface area contributed by atoms with E-state index in [1.807, 2.05) is 45.0 Å². The Hall–Kier alpha value is -2.08. The molecule has 1 aliphatic rings. The molecule has 126 valence electrons.